The normalized spacial score (nSPS) is 13.9. The van der Waals surface area contributed by atoms with Crippen LogP contribution in [0.1, 0.15) is 37.5 Å². The van der Waals surface area contributed by atoms with Gasteiger partial charge in [-0.2, -0.15) is 0 Å². The number of benzene rings is 2. The summed E-state index contributed by atoms with van der Waals surface area (Å²) < 4.78 is 5.48. The number of anilines is 1. The van der Waals surface area contributed by atoms with E-state index < -0.39 is 5.60 Å². The van der Waals surface area contributed by atoms with E-state index in [1.807, 2.05) is 63.2 Å². The molecule has 0 spiro atoms. The van der Waals surface area contributed by atoms with Gasteiger partial charge in [-0.3, -0.25) is 4.79 Å². The Morgan fingerprint density at radius 2 is 1.82 bits per heavy atom. The van der Waals surface area contributed by atoms with E-state index in [4.69, 9.17) is 4.74 Å². The molecule has 0 fully saturated rings. The Balaban J connectivity index is 1.65. The molecule has 0 saturated heterocycles. The van der Waals surface area contributed by atoms with Gasteiger partial charge in [-0.05, 0) is 68.2 Å². The van der Waals surface area contributed by atoms with Crippen LogP contribution in [0.3, 0.4) is 0 Å². The molecule has 0 unspecified atom stereocenters. The fraction of sp³-hybridized carbons (Fsp3) is 0.304. The third-order valence-corrected chi connectivity index (χ3v) is 4.36. The van der Waals surface area contributed by atoms with Crippen LogP contribution in [0.5, 0.6) is 0 Å². The first-order valence-electron chi connectivity index (χ1n) is 9.44. The van der Waals surface area contributed by atoms with Gasteiger partial charge < -0.3 is 15.0 Å². The van der Waals surface area contributed by atoms with Crippen LogP contribution >= 0.6 is 0 Å². The van der Waals surface area contributed by atoms with E-state index in [2.05, 4.69) is 11.4 Å². The minimum atomic E-state index is -0.506. The molecule has 0 radical (unpaired) electrons. The van der Waals surface area contributed by atoms with E-state index in [1.165, 1.54) is 11.6 Å². The highest BCUT2D eigenvalue weighted by Crippen LogP contribution is 2.23. The molecular formula is C23H26N2O3. The van der Waals surface area contributed by atoms with Gasteiger partial charge in [0.25, 0.3) is 0 Å². The first-order valence-corrected chi connectivity index (χ1v) is 9.44. The minimum Gasteiger partial charge on any atom is -0.444 e. The molecule has 5 heteroatoms. The van der Waals surface area contributed by atoms with Crippen molar-refractivity contribution in [1.29, 1.82) is 0 Å². The summed E-state index contributed by atoms with van der Waals surface area (Å²) in [5.74, 6) is -0.181. The van der Waals surface area contributed by atoms with E-state index in [0.29, 0.717) is 13.1 Å². The number of nitrogens with one attached hydrogen (secondary N) is 1. The van der Waals surface area contributed by atoms with Gasteiger partial charge in [0.05, 0.1) is 0 Å². The Morgan fingerprint density at radius 3 is 2.54 bits per heavy atom. The highest BCUT2D eigenvalue weighted by atomic mass is 16.6. The first kappa shape index (κ1) is 19.7. The van der Waals surface area contributed by atoms with Crippen molar-refractivity contribution in [1.82, 2.24) is 4.90 Å². The van der Waals surface area contributed by atoms with Gasteiger partial charge in [-0.15, -0.1) is 0 Å². The Morgan fingerprint density at radius 1 is 1.07 bits per heavy atom. The maximum absolute atomic E-state index is 12.3. The maximum Gasteiger partial charge on any atom is 0.410 e. The standard InChI is InChI=1S/C23H26N2O3/c1-23(2,3)28-22(27)25-14-13-18-11-9-17(15-19(18)16-25)10-12-21(26)24-20-7-5-4-6-8-20/h4-12,15H,13-14,16H2,1-3H3,(H,24,26)/b12-10+. The second-order valence-electron chi connectivity index (χ2n) is 7.87. The van der Waals surface area contributed by atoms with Crippen LogP contribution in [0.4, 0.5) is 10.5 Å². The topological polar surface area (TPSA) is 58.6 Å². The lowest BCUT2D eigenvalue weighted by molar-refractivity contribution is -0.111. The molecule has 2 amide bonds. The monoisotopic (exact) mass is 378 g/mol. The number of hydrogen-bond acceptors (Lipinski definition) is 3. The van der Waals surface area contributed by atoms with Crippen molar-refractivity contribution in [3.05, 3.63) is 71.3 Å². The molecule has 146 valence electrons. The molecule has 0 atom stereocenters. The Labute approximate surface area is 166 Å². The predicted molar refractivity (Wildman–Crippen MR) is 111 cm³/mol. The third-order valence-electron chi connectivity index (χ3n) is 4.36. The van der Waals surface area contributed by atoms with E-state index in [9.17, 15) is 9.59 Å². The van der Waals surface area contributed by atoms with Crippen LogP contribution in [0.25, 0.3) is 6.08 Å². The van der Waals surface area contributed by atoms with Crippen molar-refractivity contribution in [3.8, 4) is 0 Å². The Hall–Kier alpha value is -3.08. The molecule has 2 aromatic rings. The average molecular weight is 378 g/mol. The molecule has 1 aliphatic rings. The largest absolute Gasteiger partial charge is 0.444 e. The van der Waals surface area contributed by atoms with E-state index in [-0.39, 0.29) is 12.0 Å². The zero-order valence-corrected chi connectivity index (χ0v) is 16.6. The molecule has 1 N–H and O–H groups in total. The second kappa shape index (κ2) is 8.30. The third kappa shape index (κ3) is 5.46. The summed E-state index contributed by atoms with van der Waals surface area (Å²) in [5.41, 5.74) is 3.49. The number of hydrogen-bond donors (Lipinski definition) is 1. The summed E-state index contributed by atoms with van der Waals surface area (Å²) in [6, 6.07) is 15.4. The number of fused-ring (bicyclic) bond motifs is 1. The summed E-state index contributed by atoms with van der Waals surface area (Å²) in [7, 11) is 0. The predicted octanol–water partition coefficient (Wildman–Crippen LogP) is 4.63. The van der Waals surface area contributed by atoms with Gasteiger partial charge in [0.2, 0.25) is 5.91 Å². The lowest BCUT2D eigenvalue weighted by atomic mass is 9.97. The summed E-state index contributed by atoms with van der Waals surface area (Å²) in [5, 5.41) is 2.82. The highest BCUT2D eigenvalue weighted by molar-refractivity contribution is 6.01. The smallest absolute Gasteiger partial charge is 0.410 e. The SMILES string of the molecule is CC(C)(C)OC(=O)N1CCc2ccc(/C=C/C(=O)Nc3ccccc3)cc2C1. The highest BCUT2D eigenvalue weighted by Gasteiger charge is 2.25. The van der Waals surface area contributed by atoms with Crippen molar-refractivity contribution >= 4 is 23.8 Å². The number of ether oxygens (including phenoxy) is 1. The zero-order chi connectivity index (χ0) is 20.1. The molecule has 5 nitrogen and oxygen atoms in total. The molecule has 0 aliphatic carbocycles. The summed E-state index contributed by atoms with van der Waals surface area (Å²) >= 11 is 0. The number of nitrogens with zero attached hydrogens (tertiary/aromatic N) is 1. The van der Waals surface area contributed by atoms with Crippen molar-refractivity contribution in [2.45, 2.75) is 39.3 Å². The number of amides is 2. The summed E-state index contributed by atoms with van der Waals surface area (Å²) in [4.78, 5) is 26.1. The van der Waals surface area contributed by atoms with Crippen LogP contribution in [-0.4, -0.2) is 29.0 Å². The number of carbonyl (C=O) groups is 2. The summed E-state index contributed by atoms with van der Waals surface area (Å²) in [6.07, 6.45) is 3.81. The lowest BCUT2D eigenvalue weighted by Crippen LogP contribution is -2.39. The quantitative estimate of drug-likeness (QED) is 0.792. The van der Waals surface area contributed by atoms with Gasteiger partial charge in [0.1, 0.15) is 5.60 Å². The molecule has 28 heavy (non-hydrogen) atoms. The Kier molecular flexibility index (Phi) is 5.83. The number of rotatable bonds is 3. The van der Waals surface area contributed by atoms with Crippen LogP contribution < -0.4 is 5.32 Å². The van der Waals surface area contributed by atoms with Crippen LogP contribution in [0.2, 0.25) is 0 Å². The molecule has 0 aromatic heterocycles. The maximum atomic E-state index is 12.3. The first-order chi connectivity index (χ1) is 13.3. The molecule has 1 heterocycles. The minimum absolute atomic E-state index is 0.181. The Bertz CT molecular complexity index is 882. The van der Waals surface area contributed by atoms with Gasteiger partial charge in [-0.25, -0.2) is 4.79 Å². The van der Waals surface area contributed by atoms with Gasteiger partial charge in [0, 0.05) is 24.9 Å². The van der Waals surface area contributed by atoms with Crippen LogP contribution in [0.15, 0.2) is 54.6 Å². The van der Waals surface area contributed by atoms with Crippen molar-refractivity contribution in [2.24, 2.45) is 0 Å². The van der Waals surface area contributed by atoms with E-state index >= 15 is 0 Å². The second-order valence-corrected chi connectivity index (χ2v) is 7.87. The molecule has 0 bridgehead atoms. The van der Waals surface area contributed by atoms with Gasteiger partial charge >= 0.3 is 6.09 Å². The number of para-hydroxylation sites is 1. The number of carbonyl (C=O) groups excluding carboxylic acids is 2. The molecule has 2 aromatic carbocycles. The zero-order valence-electron chi connectivity index (χ0n) is 16.6. The summed E-state index contributed by atoms with van der Waals surface area (Å²) in [6.45, 7) is 6.77. The average Bonchev–Trinajstić information content (AvgIpc) is 2.65. The van der Waals surface area contributed by atoms with Crippen molar-refractivity contribution in [3.63, 3.8) is 0 Å². The van der Waals surface area contributed by atoms with E-state index in [1.54, 1.807) is 11.0 Å². The molecular weight excluding hydrogens is 352 g/mol. The van der Waals surface area contributed by atoms with Crippen LogP contribution in [-0.2, 0) is 22.5 Å². The van der Waals surface area contributed by atoms with E-state index in [0.717, 1.165) is 23.2 Å². The van der Waals surface area contributed by atoms with Crippen molar-refractivity contribution < 1.29 is 14.3 Å². The molecule has 3 rings (SSSR count). The van der Waals surface area contributed by atoms with Gasteiger partial charge in [0.15, 0.2) is 0 Å². The van der Waals surface area contributed by atoms with Crippen LogP contribution in [0, 0.1) is 0 Å². The molecule has 1 aliphatic heterocycles. The van der Waals surface area contributed by atoms with Crippen molar-refractivity contribution in [2.75, 3.05) is 11.9 Å². The lowest BCUT2D eigenvalue weighted by Gasteiger charge is -2.31. The van der Waals surface area contributed by atoms with Gasteiger partial charge in [-0.1, -0.05) is 30.3 Å². The fourth-order valence-corrected chi connectivity index (χ4v) is 3.04. The molecule has 0 saturated carbocycles. The fourth-order valence-electron chi connectivity index (χ4n) is 3.04.